The van der Waals surface area contributed by atoms with Crippen molar-refractivity contribution >= 4 is 0 Å². The van der Waals surface area contributed by atoms with E-state index in [0.717, 1.165) is 0 Å². The van der Waals surface area contributed by atoms with Crippen LogP contribution in [0.1, 0.15) is 107 Å². The van der Waals surface area contributed by atoms with Gasteiger partial charge in [-0.25, -0.2) is 0 Å². The molecule has 0 amide bonds. The van der Waals surface area contributed by atoms with Crippen molar-refractivity contribution in [3.8, 4) is 0 Å². The van der Waals surface area contributed by atoms with E-state index in [1.807, 2.05) is 20.8 Å². The van der Waals surface area contributed by atoms with Crippen LogP contribution in [0.5, 0.6) is 0 Å². The Morgan fingerprint density at radius 1 is 0.724 bits per heavy atom. The average Bonchev–Trinajstić information content (AvgIpc) is 3.54. The lowest BCUT2D eigenvalue weighted by atomic mass is 9.34. The molecule has 6 aliphatic rings. The van der Waals surface area contributed by atoms with Gasteiger partial charge in [0.2, 0.25) is 0 Å². The highest BCUT2D eigenvalue weighted by atomic mass is 16.7. The fourth-order valence-electron chi connectivity index (χ4n) is 13.6. The summed E-state index contributed by atoms with van der Waals surface area (Å²) in [5.41, 5.74) is -5.08. The maximum absolute atomic E-state index is 12.6. The Labute approximate surface area is 342 Å². The molecule has 4 saturated carbocycles. The van der Waals surface area contributed by atoms with Crippen LogP contribution in [0.15, 0.2) is 0 Å². The second-order valence-electron chi connectivity index (χ2n) is 21.1. The number of aliphatic hydroxyl groups is 12. The smallest absolute Gasteiger partial charge is 0.187 e. The van der Waals surface area contributed by atoms with Gasteiger partial charge in [-0.1, -0.05) is 34.6 Å². The lowest BCUT2D eigenvalue weighted by molar-refractivity contribution is -0.350. The maximum atomic E-state index is 12.6. The van der Waals surface area contributed by atoms with Crippen LogP contribution in [0.2, 0.25) is 0 Å². The summed E-state index contributed by atoms with van der Waals surface area (Å²) in [5.74, 6) is -1.23. The van der Waals surface area contributed by atoms with Crippen LogP contribution in [-0.2, 0) is 18.9 Å². The molecule has 2 saturated heterocycles. The monoisotopic (exact) mass is 834 g/mol. The van der Waals surface area contributed by atoms with Gasteiger partial charge in [-0.05, 0) is 117 Å². The van der Waals surface area contributed by atoms with Crippen molar-refractivity contribution in [2.24, 2.45) is 45.3 Å². The van der Waals surface area contributed by atoms with Gasteiger partial charge in [0.05, 0.1) is 48.8 Å². The summed E-state index contributed by atoms with van der Waals surface area (Å²) in [6.45, 7) is 14.1. The molecule has 4 aliphatic carbocycles. The highest BCUT2D eigenvalue weighted by Gasteiger charge is 2.74. The Kier molecular flexibility index (Phi) is 13.1. The highest BCUT2D eigenvalue weighted by Crippen LogP contribution is 2.76. The van der Waals surface area contributed by atoms with Crippen molar-refractivity contribution in [1.82, 2.24) is 0 Å². The van der Waals surface area contributed by atoms with Gasteiger partial charge >= 0.3 is 0 Å². The summed E-state index contributed by atoms with van der Waals surface area (Å²) in [4.78, 5) is 0. The molecule has 6 rings (SSSR count). The summed E-state index contributed by atoms with van der Waals surface area (Å²) < 4.78 is 25.2. The molecule has 22 atom stereocenters. The summed E-state index contributed by atoms with van der Waals surface area (Å²) in [6.07, 6.45) is -15.1. The van der Waals surface area contributed by atoms with Gasteiger partial charge in [0.15, 0.2) is 12.6 Å². The Hall–Kier alpha value is -0.640. The minimum Gasteiger partial charge on any atom is -0.394 e. The second kappa shape index (κ2) is 16.2. The van der Waals surface area contributed by atoms with Crippen molar-refractivity contribution < 1.29 is 80.2 Å². The molecule has 16 nitrogen and oxygen atoms in total. The van der Waals surface area contributed by atoms with Gasteiger partial charge in [-0.2, -0.15) is 0 Å². The number of fused-ring (bicyclic) bond motifs is 5. The molecule has 2 aliphatic heterocycles. The Morgan fingerprint density at radius 3 is 1.83 bits per heavy atom. The summed E-state index contributed by atoms with van der Waals surface area (Å²) in [5, 5.41) is 131. The average molecular weight is 835 g/mol. The Morgan fingerprint density at radius 2 is 1.28 bits per heavy atom. The fourth-order valence-corrected chi connectivity index (χ4v) is 13.6. The lowest BCUT2D eigenvalue weighted by Gasteiger charge is -2.72. The van der Waals surface area contributed by atoms with Gasteiger partial charge in [0.25, 0.3) is 0 Å². The van der Waals surface area contributed by atoms with Crippen LogP contribution in [0, 0.1) is 45.3 Å². The molecule has 0 bridgehead atoms. The molecule has 0 aromatic carbocycles. The molecule has 0 unspecified atom stereocenters. The third-order valence-electron chi connectivity index (χ3n) is 17.1. The van der Waals surface area contributed by atoms with Crippen LogP contribution in [0.4, 0.5) is 0 Å². The van der Waals surface area contributed by atoms with Crippen molar-refractivity contribution in [2.45, 2.75) is 204 Å². The molecule has 338 valence electrons. The minimum absolute atomic E-state index is 0.0690. The van der Waals surface area contributed by atoms with E-state index in [1.165, 1.54) is 13.8 Å². The van der Waals surface area contributed by atoms with Crippen LogP contribution >= 0.6 is 0 Å². The predicted octanol–water partition coefficient (Wildman–Crippen LogP) is -0.715. The Balaban J connectivity index is 1.40. The number of aliphatic hydroxyl groups excluding tert-OH is 11. The molecule has 2 heterocycles. The van der Waals surface area contributed by atoms with Crippen molar-refractivity contribution in [2.75, 3.05) is 13.2 Å². The van der Waals surface area contributed by atoms with Crippen LogP contribution in [-0.4, -0.2) is 172 Å². The number of hydrogen-bond donors (Lipinski definition) is 12. The summed E-state index contributed by atoms with van der Waals surface area (Å²) >= 11 is 0. The van der Waals surface area contributed by atoms with E-state index in [2.05, 4.69) is 20.8 Å². The van der Waals surface area contributed by atoms with E-state index in [9.17, 15) is 61.3 Å². The lowest BCUT2D eigenvalue weighted by Crippen LogP contribution is -2.71. The first-order chi connectivity index (χ1) is 26.7. The fraction of sp³-hybridized carbons (Fsp3) is 1.00. The zero-order valence-corrected chi connectivity index (χ0v) is 35.5. The van der Waals surface area contributed by atoms with Crippen LogP contribution in [0.3, 0.4) is 0 Å². The first-order valence-electron chi connectivity index (χ1n) is 21.4. The molecular weight excluding hydrogens is 760 g/mol. The van der Waals surface area contributed by atoms with E-state index in [0.29, 0.717) is 38.5 Å². The van der Waals surface area contributed by atoms with Gasteiger partial charge < -0.3 is 80.2 Å². The van der Waals surface area contributed by atoms with Gasteiger partial charge in [0.1, 0.15) is 48.8 Å². The molecule has 58 heavy (non-hydrogen) atoms. The topological polar surface area (TPSA) is 280 Å². The number of rotatable bonds is 11. The number of ether oxygens (including phenoxy) is 4. The third-order valence-corrected chi connectivity index (χ3v) is 17.1. The van der Waals surface area contributed by atoms with Gasteiger partial charge in [0, 0.05) is 0 Å². The third kappa shape index (κ3) is 7.43. The molecule has 0 aromatic rings. The molecule has 0 spiro atoms. The normalized spacial score (nSPS) is 52.2. The first kappa shape index (κ1) is 46.9. The van der Waals surface area contributed by atoms with Crippen LogP contribution < -0.4 is 0 Å². The van der Waals surface area contributed by atoms with E-state index in [-0.39, 0.29) is 24.7 Å². The molecule has 16 heteroatoms. The van der Waals surface area contributed by atoms with E-state index in [1.54, 1.807) is 0 Å². The summed E-state index contributed by atoms with van der Waals surface area (Å²) in [7, 11) is 0. The van der Waals surface area contributed by atoms with Gasteiger partial charge in [-0.3, -0.25) is 0 Å². The van der Waals surface area contributed by atoms with Crippen LogP contribution in [0.25, 0.3) is 0 Å². The molecule has 0 aromatic heterocycles. The van der Waals surface area contributed by atoms with Crippen molar-refractivity contribution in [3.05, 3.63) is 0 Å². The summed E-state index contributed by atoms with van der Waals surface area (Å²) in [6, 6.07) is 0. The first-order valence-corrected chi connectivity index (χ1v) is 21.4. The van der Waals surface area contributed by atoms with Gasteiger partial charge in [-0.15, -0.1) is 0 Å². The molecular formula is C42H74O16. The Bertz CT molecular complexity index is 1430. The van der Waals surface area contributed by atoms with Crippen molar-refractivity contribution in [1.29, 1.82) is 0 Å². The molecule has 6 fully saturated rings. The molecule has 12 N–H and O–H groups in total. The molecule has 0 radical (unpaired) electrons. The standard InChI is InChI=1S/C42H74O16/c1-37(2)25(46)10-12-39(5)24-15-20(45)27-19(42(8,14-11-26(47)38(3,4)54)58-36-33(53)31(51)29(49)23(18-44)57-36)9-13-40(27,6)41(24,7)16-21(34(37)39)55-35-32(52)30(50)28(48)22(17-43)56-35/h19-36,43-54H,9-18H2,1-8H3/t19-,20+,21-,22+,23+,24+,25-,26-,27-,28-,29-,30-,31-,32+,33+,34-,35+,36-,39+,40+,41+,42-/m0/s1. The minimum atomic E-state index is -1.69. The second-order valence-corrected chi connectivity index (χ2v) is 21.1. The van der Waals surface area contributed by atoms with E-state index < -0.39 is 144 Å². The maximum Gasteiger partial charge on any atom is 0.187 e. The number of hydrogen-bond acceptors (Lipinski definition) is 16. The van der Waals surface area contributed by atoms with E-state index >= 15 is 0 Å². The zero-order valence-electron chi connectivity index (χ0n) is 35.5. The highest BCUT2D eigenvalue weighted by molar-refractivity contribution is 5.22. The quantitative estimate of drug-likeness (QED) is 0.115. The zero-order chi connectivity index (χ0) is 43.3. The van der Waals surface area contributed by atoms with E-state index in [4.69, 9.17) is 18.9 Å². The SMILES string of the molecule is CC(C)(O)[C@@H](O)CC[C@](C)(O[C@@H]1O[C@H](CO)[C@H](O)[C@H](O)[C@H]1O)[C@H]1CC[C@]2(C)[C@@H]1[C@H](O)C[C@@H]1[C@@]3(C)CC[C@H](O)C(C)(C)[C@@H]3[C@@H](O[C@@H]3O[C@H](CO)[C@H](O)[C@H](O)[C@H]3O)C[C@]12C. The predicted molar refractivity (Wildman–Crippen MR) is 205 cm³/mol. The van der Waals surface area contributed by atoms with Crippen molar-refractivity contribution in [3.63, 3.8) is 0 Å². The largest absolute Gasteiger partial charge is 0.394 e.